The van der Waals surface area contributed by atoms with Crippen molar-refractivity contribution in [3.8, 4) is 0 Å². The Labute approximate surface area is 229 Å². The van der Waals surface area contributed by atoms with Gasteiger partial charge in [-0.05, 0) is 35.4 Å². The Morgan fingerprint density at radius 1 is 1.15 bits per heavy atom. The smallest absolute Gasteiger partial charge is 0.327 e. The summed E-state index contributed by atoms with van der Waals surface area (Å²) in [5.41, 5.74) is 3.06. The van der Waals surface area contributed by atoms with Crippen LogP contribution in [0.2, 0.25) is 5.02 Å². The largest absolute Gasteiger partial charge is 0.468 e. The van der Waals surface area contributed by atoms with Crippen LogP contribution in [0.3, 0.4) is 0 Å². The Balaban J connectivity index is 1.36. The molecule has 0 aliphatic carbocycles. The van der Waals surface area contributed by atoms with Gasteiger partial charge in [0.2, 0.25) is 5.91 Å². The van der Waals surface area contributed by atoms with E-state index < -0.39 is 17.8 Å². The molecule has 1 atom stereocenters. The lowest BCUT2D eigenvalue weighted by Crippen LogP contribution is -2.32. The molecule has 10 nitrogen and oxygen atoms in total. The molecule has 2 aromatic heterocycles. The topological polar surface area (TPSA) is 131 Å². The molecule has 1 unspecified atom stereocenters. The number of amides is 1. The molecule has 0 saturated carbocycles. The molecular weight excluding hydrogens is 520 g/mol. The van der Waals surface area contributed by atoms with Crippen molar-refractivity contribution in [2.45, 2.75) is 26.2 Å². The first-order valence-corrected chi connectivity index (χ1v) is 12.5. The third-order valence-electron chi connectivity index (χ3n) is 6.02. The number of halogens is 1. The summed E-state index contributed by atoms with van der Waals surface area (Å²) < 4.78 is 7.86. The second-order valence-corrected chi connectivity index (χ2v) is 9.16. The lowest BCUT2D eigenvalue weighted by atomic mass is 10.1. The van der Waals surface area contributed by atoms with Gasteiger partial charge in [-0.15, -0.1) is 0 Å². The van der Waals surface area contributed by atoms with E-state index in [4.69, 9.17) is 21.7 Å². The summed E-state index contributed by atoms with van der Waals surface area (Å²) in [5.74, 6) is -1.72. The van der Waals surface area contributed by atoms with Crippen LogP contribution in [0.4, 0.5) is 0 Å². The third-order valence-corrected chi connectivity index (χ3v) is 6.26. The molecule has 0 saturated heterocycles. The lowest BCUT2D eigenvalue weighted by molar-refractivity contribution is -0.141. The quantitative estimate of drug-likeness (QED) is 0.220. The maximum absolute atomic E-state index is 12.8. The zero-order valence-electron chi connectivity index (χ0n) is 21.2. The van der Waals surface area contributed by atoms with Gasteiger partial charge < -0.3 is 20.0 Å². The number of methoxy groups -OCH3 is 1. The van der Waals surface area contributed by atoms with Crippen molar-refractivity contribution in [2.24, 2.45) is 10.9 Å². The maximum Gasteiger partial charge on any atom is 0.327 e. The van der Waals surface area contributed by atoms with Crippen LogP contribution in [0.15, 0.2) is 76.6 Å². The Morgan fingerprint density at radius 3 is 2.64 bits per heavy atom. The highest BCUT2D eigenvalue weighted by Crippen LogP contribution is 2.23. The zero-order chi connectivity index (χ0) is 27.8. The van der Waals surface area contributed by atoms with Gasteiger partial charge in [-0.25, -0.2) is 0 Å². The maximum atomic E-state index is 12.8. The van der Waals surface area contributed by atoms with Gasteiger partial charge in [0.25, 0.3) is 5.56 Å². The molecule has 2 N–H and O–H groups in total. The molecule has 4 rings (SSSR count). The van der Waals surface area contributed by atoms with Crippen molar-refractivity contribution in [1.29, 1.82) is 5.41 Å². The molecule has 39 heavy (non-hydrogen) atoms. The third kappa shape index (κ3) is 7.05. The monoisotopic (exact) mass is 546 g/mol. The highest BCUT2D eigenvalue weighted by Gasteiger charge is 2.17. The van der Waals surface area contributed by atoms with Crippen LogP contribution >= 0.6 is 11.6 Å². The predicted molar refractivity (Wildman–Crippen MR) is 149 cm³/mol. The van der Waals surface area contributed by atoms with E-state index >= 15 is 0 Å². The van der Waals surface area contributed by atoms with E-state index in [1.807, 2.05) is 30.3 Å². The molecule has 0 radical (unpaired) electrons. The Morgan fingerprint density at radius 2 is 1.92 bits per heavy atom. The van der Waals surface area contributed by atoms with E-state index in [9.17, 15) is 14.4 Å². The van der Waals surface area contributed by atoms with Crippen LogP contribution in [-0.4, -0.2) is 45.8 Å². The number of hydrogen-bond donors (Lipinski definition) is 2. The number of ether oxygens (including phenoxy) is 1. The van der Waals surface area contributed by atoms with Gasteiger partial charge in [0.1, 0.15) is 12.5 Å². The Bertz CT molecular complexity index is 1580. The molecule has 4 aromatic rings. The standard InChI is InChI=1S/C28H27ClN6O4/c1-39-27(37)18-35-25-10-9-22(29)12-23(25)24(33-35)16-32-28(38)21(13-30)15-31-14-19-5-7-20(8-6-19)17-34-11-3-2-4-26(34)36/h2-13,15,21,30H,14,16-18H2,1H3,(H,32,38). The van der Waals surface area contributed by atoms with E-state index in [-0.39, 0.29) is 18.6 Å². The number of aromatic nitrogens is 3. The first kappa shape index (κ1) is 27.5. The number of esters is 1. The van der Waals surface area contributed by atoms with Crippen LogP contribution in [0.25, 0.3) is 10.9 Å². The van der Waals surface area contributed by atoms with Gasteiger partial charge in [0.15, 0.2) is 0 Å². The van der Waals surface area contributed by atoms with Gasteiger partial charge in [0.05, 0.1) is 38.0 Å². The fourth-order valence-electron chi connectivity index (χ4n) is 3.94. The number of pyridine rings is 1. The van der Waals surface area contributed by atoms with Crippen LogP contribution in [-0.2, 0) is 40.5 Å². The van der Waals surface area contributed by atoms with E-state index in [2.05, 4.69) is 15.4 Å². The molecule has 0 spiro atoms. The number of carbonyl (C=O) groups excluding carboxylic acids is 2. The van der Waals surface area contributed by atoms with Gasteiger partial charge >= 0.3 is 5.97 Å². The van der Waals surface area contributed by atoms with Crippen molar-refractivity contribution in [3.05, 3.63) is 99.1 Å². The number of nitrogens with one attached hydrogen (secondary N) is 2. The average Bonchev–Trinajstić information content (AvgIpc) is 3.27. The summed E-state index contributed by atoms with van der Waals surface area (Å²) in [6, 6.07) is 17.9. The summed E-state index contributed by atoms with van der Waals surface area (Å²) in [7, 11) is 1.30. The molecular formula is C28H27ClN6O4. The summed E-state index contributed by atoms with van der Waals surface area (Å²) in [6.45, 7) is 0.810. The highest BCUT2D eigenvalue weighted by molar-refractivity contribution is 6.31. The molecule has 1 amide bonds. The normalized spacial score (nSPS) is 11.9. The zero-order valence-corrected chi connectivity index (χ0v) is 22.0. The van der Waals surface area contributed by atoms with Gasteiger partial charge in [-0.2, -0.15) is 5.10 Å². The number of hydrogen-bond acceptors (Lipinski definition) is 7. The SMILES string of the molecule is COC(=O)Cn1nc(CNC(=O)C(C=N)C=NCc2ccc(Cn3ccccc3=O)cc2)c2cc(Cl)ccc21. The van der Waals surface area contributed by atoms with Gasteiger partial charge in [-0.3, -0.25) is 24.1 Å². The van der Waals surface area contributed by atoms with Crippen LogP contribution in [0.5, 0.6) is 0 Å². The van der Waals surface area contributed by atoms with Gasteiger partial charge in [0, 0.05) is 35.1 Å². The number of aliphatic imine (C=N–C) groups is 1. The molecule has 2 heterocycles. The van der Waals surface area contributed by atoms with Crippen molar-refractivity contribution >= 4 is 46.8 Å². The number of benzene rings is 2. The van der Waals surface area contributed by atoms with Crippen molar-refractivity contribution in [3.63, 3.8) is 0 Å². The van der Waals surface area contributed by atoms with E-state index in [1.165, 1.54) is 24.1 Å². The Kier molecular flexibility index (Phi) is 9.01. The fraction of sp³-hybridized carbons (Fsp3) is 0.214. The van der Waals surface area contributed by atoms with Gasteiger partial charge in [-0.1, -0.05) is 41.9 Å². The minimum absolute atomic E-state index is 0.0614. The number of rotatable bonds is 11. The first-order valence-electron chi connectivity index (χ1n) is 12.1. The second-order valence-electron chi connectivity index (χ2n) is 8.73. The molecule has 2 aromatic carbocycles. The summed E-state index contributed by atoms with van der Waals surface area (Å²) in [6.07, 6.45) is 4.20. The highest BCUT2D eigenvalue weighted by atomic mass is 35.5. The van der Waals surface area contributed by atoms with E-state index in [0.29, 0.717) is 34.7 Å². The van der Waals surface area contributed by atoms with Crippen molar-refractivity contribution < 1.29 is 14.3 Å². The minimum Gasteiger partial charge on any atom is -0.468 e. The average molecular weight is 547 g/mol. The molecule has 0 fully saturated rings. The molecule has 11 heteroatoms. The molecule has 0 aliphatic rings. The minimum atomic E-state index is -0.860. The Hall–Kier alpha value is -4.57. The molecule has 0 aliphatic heterocycles. The van der Waals surface area contributed by atoms with Crippen molar-refractivity contribution in [2.75, 3.05) is 7.11 Å². The fourth-order valence-corrected chi connectivity index (χ4v) is 4.11. The van der Waals surface area contributed by atoms with Crippen LogP contribution in [0, 0.1) is 11.3 Å². The summed E-state index contributed by atoms with van der Waals surface area (Å²) in [4.78, 5) is 40.8. The second kappa shape index (κ2) is 12.8. The molecule has 0 bridgehead atoms. The van der Waals surface area contributed by atoms with Crippen LogP contribution in [0.1, 0.15) is 16.8 Å². The van der Waals surface area contributed by atoms with E-state index in [1.54, 1.807) is 35.0 Å². The summed E-state index contributed by atoms with van der Waals surface area (Å²) in [5, 5.41) is 16.1. The predicted octanol–water partition coefficient (Wildman–Crippen LogP) is 3.23. The number of fused-ring (bicyclic) bond motifs is 1. The van der Waals surface area contributed by atoms with E-state index in [0.717, 1.165) is 17.3 Å². The van der Waals surface area contributed by atoms with Crippen LogP contribution < -0.4 is 10.9 Å². The number of carbonyl (C=O) groups is 2. The first-order chi connectivity index (χ1) is 18.9. The number of nitrogens with zero attached hydrogens (tertiary/aromatic N) is 4. The lowest BCUT2D eigenvalue weighted by Gasteiger charge is -2.08. The molecule has 200 valence electrons. The van der Waals surface area contributed by atoms with Crippen molar-refractivity contribution in [1.82, 2.24) is 19.7 Å². The summed E-state index contributed by atoms with van der Waals surface area (Å²) >= 11 is 6.15.